The lowest BCUT2D eigenvalue weighted by molar-refractivity contribution is 0.259. The van der Waals surface area contributed by atoms with Crippen LogP contribution in [0.15, 0.2) is 53.5 Å². The maximum absolute atomic E-state index is 13.1. The number of halogens is 1. The van der Waals surface area contributed by atoms with Gasteiger partial charge in [-0.05, 0) is 49.7 Å². The van der Waals surface area contributed by atoms with Gasteiger partial charge in [0.2, 0.25) is 0 Å². The third-order valence-electron chi connectivity index (χ3n) is 3.69. The first-order chi connectivity index (χ1) is 12.7. The van der Waals surface area contributed by atoms with Gasteiger partial charge in [0.25, 0.3) is 0 Å². The Morgan fingerprint density at radius 1 is 1.27 bits per heavy atom. The number of thioether (sulfide) groups is 1. The van der Waals surface area contributed by atoms with Crippen LogP contribution < -0.4 is 15.0 Å². The second kappa shape index (κ2) is 8.96. The molecule has 26 heavy (non-hydrogen) atoms. The molecule has 0 saturated carbocycles. The first-order valence-corrected chi connectivity index (χ1v) is 9.81. The Labute approximate surface area is 162 Å². The molecule has 0 radical (unpaired) electrons. The molecule has 3 rings (SSSR count). The van der Waals surface area contributed by atoms with E-state index in [2.05, 4.69) is 10.3 Å². The number of carbonyl (C=O) groups excluding carboxylic acids is 1. The molecule has 1 N–H and O–H groups in total. The van der Waals surface area contributed by atoms with Gasteiger partial charge in [0, 0.05) is 17.3 Å². The van der Waals surface area contributed by atoms with Gasteiger partial charge in [0.15, 0.2) is 5.17 Å². The molecule has 0 saturated heterocycles. The monoisotopic (exact) mass is 389 g/mol. The number of anilines is 2. The minimum Gasteiger partial charge on any atom is -0.492 e. The second-order valence-electron chi connectivity index (χ2n) is 5.54. The summed E-state index contributed by atoms with van der Waals surface area (Å²) in [5.74, 6) is 1.57. The van der Waals surface area contributed by atoms with Crippen LogP contribution in [0.2, 0.25) is 5.02 Å². The molecule has 2 aromatic rings. The first-order valence-electron chi connectivity index (χ1n) is 8.45. The van der Waals surface area contributed by atoms with E-state index in [-0.39, 0.29) is 6.03 Å². The smallest absolute Gasteiger partial charge is 0.332 e. The molecule has 2 amide bonds. The molecule has 136 valence electrons. The van der Waals surface area contributed by atoms with Crippen LogP contribution >= 0.6 is 23.4 Å². The van der Waals surface area contributed by atoms with Gasteiger partial charge in [0.1, 0.15) is 5.75 Å². The van der Waals surface area contributed by atoms with Gasteiger partial charge >= 0.3 is 6.03 Å². The molecule has 0 atom stereocenters. The largest absolute Gasteiger partial charge is 0.492 e. The van der Waals surface area contributed by atoms with Crippen LogP contribution in [-0.2, 0) is 0 Å². The van der Waals surface area contributed by atoms with Crippen molar-refractivity contribution < 1.29 is 9.53 Å². The highest BCUT2D eigenvalue weighted by Gasteiger charge is 2.24. The maximum Gasteiger partial charge on any atom is 0.332 e. The van der Waals surface area contributed by atoms with Crippen molar-refractivity contribution in [2.24, 2.45) is 4.99 Å². The molecule has 7 heteroatoms. The first kappa shape index (κ1) is 18.6. The number of benzene rings is 2. The summed E-state index contributed by atoms with van der Waals surface area (Å²) in [6.07, 6.45) is 1.01. The predicted octanol–water partition coefficient (Wildman–Crippen LogP) is 5.27. The number of hydrogen-bond acceptors (Lipinski definition) is 4. The van der Waals surface area contributed by atoms with Crippen molar-refractivity contribution in [3.8, 4) is 5.75 Å². The van der Waals surface area contributed by atoms with Gasteiger partial charge in [-0.15, -0.1) is 0 Å². The van der Waals surface area contributed by atoms with Gasteiger partial charge in [0.05, 0.1) is 18.0 Å². The highest BCUT2D eigenvalue weighted by atomic mass is 35.5. The summed E-state index contributed by atoms with van der Waals surface area (Å²) in [7, 11) is 0. The van der Waals surface area contributed by atoms with Crippen molar-refractivity contribution in [3.63, 3.8) is 0 Å². The number of aliphatic imine (C=N–C) groups is 1. The number of para-hydroxylation sites is 2. The number of rotatable bonds is 4. The molecule has 0 unspecified atom stereocenters. The molecule has 0 fully saturated rings. The number of amides is 2. The number of nitrogens with zero attached hydrogens (tertiary/aromatic N) is 2. The molecular weight excluding hydrogens is 370 g/mol. The molecule has 1 heterocycles. The van der Waals surface area contributed by atoms with Gasteiger partial charge in [-0.2, -0.15) is 0 Å². The lowest BCUT2D eigenvalue weighted by atomic mass is 10.3. The van der Waals surface area contributed by atoms with E-state index >= 15 is 0 Å². The average Bonchev–Trinajstić information content (AvgIpc) is 2.66. The highest BCUT2D eigenvalue weighted by Crippen LogP contribution is 2.28. The van der Waals surface area contributed by atoms with Crippen LogP contribution in [0.25, 0.3) is 0 Å². The highest BCUT2D eigenvalue weighted by molar-refractivity contribution is 8.14. The fraction of sp³-hybridized carbons (Fsp3) is 0.263. The zero-order chi connectivity index (χ0) is 18.4. The number of amidine groups is 1. The number of ether oxygens (including phenoxy) is 1. The zero-order valence-electron chi connectivity index (χ0n) is 14.4. The van der Waals surface area contributed by atoms with Crippen LogP contribution in [0.4, 0.5) is 16.2 Å². The summed E-state index contributed by atoms with van der Waals surface area (Å²) < 4.78 is 5.60. The Morgan fingerprint density at radius 2 is 2.04 bits per heavy atom. The van der Waals surface area contributed by atoms with E-state index in [9.17, 15) is 4.79 Å². The Hall–Kier alpha value is -2.18. The summed E-state index contributed by atoms with van der Waals surface area (Å²) in [5.41, 5.74) is 1.34. The fourth-order valence-electron chi connectivity index (χ4n) is 2.51. The van der Waals surface area contributed by atoms with Crippen LogP contribution in [0, 0.1) is 0 Å². The summed E-state index contributed by atoms with van der Waals surface area (Å²) in [5, 5.41) is 4.25. The van der Waals surface area contributed by atoms with Gasteiger partial charge in [-0.1, -0.05) is 35.5 Å². The van der Waals surface area contributed by atoms with Gasteiger partial charge in [-0.3, -0.25) is 4.99 Å². The van der Waals surface area contributed by atoms with Gasteiger partial charge < -0.3 is 10.1 Å². The average molecular weight is 390 g/mol. The normalized spacial score (nSPS) is 13.7. The second-order valence-corrected chi connectivity index (χ2v) is 7.04. The van der Waals surface area contributed by atoms with Crippen LogP contribution in [0.5, 0.6) is 5.75 Å². The van der Waals surface area contributed by atoms with E-state index in [1.165, 1.54) is 0 Å². The van der Waals surface area contributed by atoms with Crippen molar-refractivity contribution >= 4 is 45.9 Å². The molecule has 5 nitrogen and oxygen atoms in total. The molecular formula is C19H20ClN3O2S. The quantitative estimate of drug-likeness (QED) is 0.774. The van der Waals surface area contributed by atoms with Crippen molar-refractivity contribution in [3.05, 3.63) is 53.6 Å². The molecule has 0 aromatic heterocycles. The van der Waals surface area contributed by atoms with Crippen LogP contribution in [-0.4, -0.2) is 30.1 Å². The molecule has 0 aliphatic carbocycles. The van der Waals surface area contributed by atoms with E-state index in [4.69, 9.17) is 16.3 Å². The molecule has 2 aromatic carbocycles. The van der Waals surface area contributed by atoms with Crippen LogP contribution in [0.3, 0.4) is 0 Å². The van der Waals surface area contributed by atoms with E-state index in [1.807, 2.05) is 43.3 Å². The van der Waals surface area contributed by atoms with Crippen molar-refractivity contribution in [1.82, 2.24) is 0 Å². The third kappa shape index (κ3) is 4.51. The van der Waals surface area contributed by atoms with Gasteiger partial charge in [-0.25, -0.2) is 9.69 Å². The third-order valence-corrected chi connectivity index (χ3v) is 5.00. The zero-order valence-corrected chi connectivity index (χ0v) is 16.0. The van der Waals surface area contributed by atoms with Crippen LogP contribution in [0.1, 0.15) is 13.3 Å². The van der Waals surface area contributed by atoms with E-state index in [1.54, 1.807) is 28.8 Å². The van der Waals surface area contributed by atoms with Crippen molar-refractivity contribution in [2.45, 2.75) is 13.3 Å². The SMILES string of the molecule is CCOc1ccccc1NC(=O)N(C1=NCCCS1)c1ccc(Cl)cc1. The van der Waals surface area contributed by atoms with Crippen molar-refractivity contribution in [2.75, 3.05) is 29.1 Å². The minimum absolute atomic E-state index is 0.285. The Bertz CT molecular complexity index is 796. The number of hydrogen-bond donors (Lipinski definition) is 1. The Balaban J connectivity index is 1.90. The molecule has 1 aliphatic heterocycles. The lowest BCUT2D eigenvalue weighted by Gasteiger charge is -2.26. The molecule has 0 bridgehead atoms. The lowest BCUT2D eigenvalue weighted by Crippen LogP contribution is -2.40. The Morgan fingerprint density at radius 3 is 2.73 bits per heavy atom. The topological polar surface area (TPSA) is 53.9 Å². The predicted molar refractivity (Wildman–Crippen MR) is 110 cm³/mol. The van der Waals surface area contributed by atoms with E-state index < -0.39 is 0 Å². The Kier molecular flexibility index (Phi) is 6.41. The minimum atomic E-state index is -0.285. The molecule has 1 aliphatic rings. The number of urea groups is 1. The number of nitrogens with one attached hydrogen (secondary N) is 1. The maximum atomic E-state index is 13.1. The van der Waals surface area contributed by atoms with Crippen molar-refractivity contribution in [1.29, 1.82) is 0 Å². The van der Waals surface area contributed by atoms with E-state index in [0.717, 1.165) is 18.7 Å². The summed E-state index contributed by atoms with van der Waals surface area (Å²) in [6, 6.07) is 14.3. The summed E-state index contributed by atoms with van der Waals surface area (Å²) in [4.78, 5) is 19.2. The summed E-state index contributed by atoms with van der Waals surface area (Å²) in [6.45, 7) is 3.15. The van der Waals surface area contributed by atoms with E-state index in [0.29, 0.717) is 33.9 Å². The number of carbonyl (C=O) groups is 1. The standard InChI is InChI=1S/C19H20ClN3O2S/c1-2-25-17-7-4-3-6-16(17)22-18(24)23(19-21-12-5-13-26-19)15-10-8-14(20)9-11-15/h3-4,6-11H,2,5,12-13H2,1H3,(H,22,24). The molecule has 0 spiro atoms. The summed E-state index contributed by atoms with van der Waals surface area (Å²) >= 11 is 7.57. The fourth-order valence-corrected chi connectivity index (χ4v) is 3.59.